The molecule has 0 spiro atoms. The molecule has 0 atom stereocenters. The van der Waals surface area contributed by atoms with Gasteiger partial charge in [-0.1, -0.05) is 6.07 Å². The Morgan fingerprint density at radius 1 is 1.35 bits per heavy atom. The Bertz CT molecular complexity index is 669. The Morgan fingerprint density at radius 3 is 3.00 bits per heavy atom. The molecule has 86 valence electrons. The molecule has 3 heterocycles. The zero-order chi connectivity index (χ0) is 11.8. The monoisotopic (exact) mass is 245 g/mol. The summed E-state index contributed by atoms with van der Waals surface area (Å²) in [7, 11) is 0. The number of aromatic nitrogens is 3. The van der Waals surface area contributed by atoms with Gasteiger partial charge in [-0.3, -0.25) is 9.83 Å². The van der Waals surface area contributed by atoms with Crippen LogP contribution >= 0.6 is 11.3 Å². The zero-order valence-electron chi connectivity index (χ0n) is 9.21. The number of hydrazine groups is 1. The molecule has 17 heavy (non-hydrogen) atoms. The molecule has 0 aliphatic rings. The number of pyridine rings is 1. The summed E-state index contributed by atoms with van der Waals surface area (Å²) >= 11 is 1.48. The number of rotatable bonds is 2. The van der Waals surface area contributed by atoms with Crippen LogP contribution < -0.4 is 11.3 Å². The Balaban J connectivity index is 2.25. The highest BCUT2D eigenvalue weighted by Gasteiger charge is 2.13. The first kappa shape index (κ1) is 10.2. The van der Waals surface area contributed by atoms with E-state index in [1.807, 2.05) is 41.1 Å². The van der Waals surface area contributed by atoms with Gasteiger partial charge in [-0.25, -0.2) is 15.8 Å². The van der Waals surface area contributed by atoms with E-state index in [0.717, 1.165) is 22.7 Å². The van der Waals surface area contributed by atoms with Gasteiger partial charge in [-0.2, -0.15) is 0 Å². The summed E-state index contributed by atoms with van der Waals surface area (Å²) in [5, 5.41) is 2.67. The van der Waals surface area contributed by atoms with Crippen LogP contribution in [0.3, 0.4) is 0 Å². The van der Waals surface area contributed by atoms with Gasteiger partial charge >= 0.3 is 0 Å². The first-order chi connectivity index (χ1) is 8.29. The SMILES string of the molecule is Cc1nc2ccccn2c1-c1csc(NN)n1. The molecule has 0 aromatic carbocycles. The second-order valence-corrected chi connectivity index (χ2v) is 4.51. The molecule has 0 aliphatic heterocycles. The van der Waals surface area contributed by atoms with Crippen LogP contribution in [-0.2, 0) is 0 Å². The summed E-state index contributed by atoms with van der Waals surface area (Å²) < 4.78 is 2.03. The predicted molar refractivity (Wildman–Crippen MR) is 68.8 cm³/mol. The fourth-order valence-electron chi connectivity index (χ4n) is 1.87. The number of nitrogens with two attached hydrogens (primary N) is 1. The van der Waals surface area contributed by atoms with Crippen LogP contribution in [0.4, 0.5) is 5.13 Å². The molecule has 0 saturated heterocycles. The van der Waals surface area contributed by atoms with Gasteiger partial charge in [0.1, 0.15) is 11.3 Å². The van der Waals surface area contributed by atoms with Crippen molar-refractivity contribution in [1.29, 1.82) is 0 Å². The average Bonchev–Trinajstić information content (AvgIpc) is 2.91. The zero-order valence-corrected chi connectivity index (χ0v) is 10.0. The number of nitrogens with zero attached hydrogens (tertiary/aromatic N) is 3. The van der Waals surface area contributed by atoms with Crippen LogP contribution in [0.5, 0.6) is 0 Å². The van der Waals surface area contributed by atoms with E-state index in [9.17, 15) is 0 Å². The van der Waals surface area contributed by atoms with Crippen LogP contribution in [0.15, 0.2) is 29.8 Å². The largest absolute Gasteiger partial charge is 0.300 e. The second kappa shape index (κ2) is 3.83. The van der Waals surface area contributed by atoms with E-state index in [2.05, 4.69) is 15.4 Å². The number of thiazole rings is 1. The summed E-state index contributed by atoms with van der Waals surface area (Å²) in [6, 6.07) is 5.93. The topological polar surface area (TPSA) is 68.2 Å². The molecule has 0 aliphatic carbocycles. The summed E-state index contributed by atoms with van der Waals surface area (Å²) in [6.45, 7) is 1.98. The number of hydrogen-bond acceptors (Lipinski definition) is 5. The third-order valence-corrected chi connectivity index (χ3v) is 3.35. The highest BCUT2D eigenvalue weighted by Crippen LogP contribution is 2.27. The number of nitrogens with one attached hydrogen (secondary N) is 1. The number of hydrogen-bond donors (Lipinski definition) is 2. The van der Waals surface area contributed by atoms with Gasteiger partial charge in [0.05, 0.1) is 11.4 Å². The minimum absolute atomic E-state index is 0.699. The Morgan fingerprint density at radius 2 is 2.24 bits per heavy atom. The van der Waals surface area contributed by atoms with Crippen LogP contribution in [0, 0.1) is 6.92 Å². The molecule has 3 rings (SSSR count). The third-order valence-electron chi connectivity index (χ3n) is 2.57. The molecule has 0 radical (unpaired) electrons. The van der Waals surface area contributed by atoms with Crippen LogP contribution in [-0.4, -0.2) is 14.4 Å². The molecule has 5 nitrogen and oxygen atoms in total. The smallest absolute Gasteiger partial charge is 0.197 e. The fraction of sp³-hybridized carbons (Fsp3) is 0.0909. The van der Waals surface area contributed by atoms with Crippen molar-refractivity contribution in [2.24, 2.45) is 5.84 Å². The van der Waals surface area contributed by atoms with E-state index in [4.69, 9.17) is 5.84 Å². The van der Waals surface area contributed by atoms with Gasteiger partial charge in [0.15, 0.2) is 5.13 Å². The van der Waals surface area contributed by atoms with Crippen molar-refractivity contribution in [1.82, 2.24) is 14.4 Å². The van der Waals surface area contributed by atoms with Gasteiger partial charge in [0, 0.05) is 11.6 Å². The maximum atomic E-state index is 5.34. The van der Waals surface area contributed by atoms with Gasteiger partial charge in [-0.15, -0.1) is 11.3 Å². The summed E-state index contributed by atoms with van der Waals surface area (Å²) in [5.41, 5.74) is 6.34. The minimum atomic E-state index is 0.699. The molecule has 0 unspecified atom stereocenters. The fourth-order valence-corrected chi connectivity index (χ4v) is 2.48. The molecule has 0 amide bonds. The number of nitrogen functional groups attached to an aromatic ring is 1. The third kappa shape index (κ3) is 1.58. The van der Waals surface area contributed by atoms with Gasteiger partial charge in [-0.05, 0) is 19.1 Å². The maximum Gasteiger partial charge on any atom is 0.197 e. The van der Waals surface area contributed by atoms with Crippen molar-refractivity contribution in [2.75, 3.05) is 5.43 Å². The molecule has 0 fully saturated rings. The van der Waals surface area contributed by atoms with Crippen molar-refractivity contribution in [3.8, 4) is 11.4 Å². The Labute approximate surface area is 102 Å². The molecular formula is C11H11N5S. The van der Waals surface area contributed by atoms with E-state index in [1.165, 1.54) is 11.3 Å². The lowest BCUT2D eigenvalue weighted by Gasteiger charge is -1.98. The number of imidazole rings is 1. The second-order valence-electron chi connectivity index (χ2n) is 3.66. The van der Waals surface area contributed by atoms with Crippen molar-refractivity contribution in [3.63, 3.8) is 0 Å². The van der Waals surface area contributed by atoms with E-state index >= 15 is 0 Å². The average molecular weight is 245 g/mol. The molecule has 3 aromatic heterocycles. The van der Waals surface area contributed by atoms with Gasteiger partial charge < -0.3 is 0 Å². The first-order valence-corrected chi connectivity index (χ1v) is 6.04. The van der Waals surface area contributed by atoms with Gasteiger partial charge in [0.25, 0.3) is 0 Å². The van der Waals surface area contributed by atoms with Crippen LogP contribution in [0.25, 0.3) is 17.0 Å². The quantitative estimate of drug-likeness (QED) is 0.535. The first-order valence-electron chi connectivity index (χ1n) is 5.16. The summed E-state index contributed by atoms with van der Waals surface area (Å²) in [5.74, 6) is 5.34. The van der Waals surface area contributed by atoms with Crippen molar-refractivity contribution in [2.45, 2.75) is 6.92 Å². The summed E-state index contributed by atoms with van der Waals surface area (Å²) in [6.07, 6.45) is 1.99. The number of aryl methyl sites for hydroxylation is 1. The predicted octanol–water partition coefficient (Wildman–Crippen LogP) is 2.05. The van der Waals surface area contributed by atoms with Gasteiger partial charge in [0.2, 0.25) is 0 Å². The number of anilines is 1. The lowest BCUT2D eigenvalue weighted by Crippen LogP contribution is -2.05. The van der Waals surface area contributed by atoms with E-state index in [0.29, 0.717) is 5.13 Å². The maximum absolute atomic E-state index is 5.34. The standard InChI is InChI=1S/C11H11N5S/c1-7-10(8-6-17-11(14-8)15-12)16-5-3-2-4-9(16)13-7/h2-6H,12H2,1H3,(H,14,15). The molecular weight excluding hydrogens is 234 g/mol. The molecule has 0 saturated carbocycles. The Hall–Kier alpha value is -1.92. The normalized spacial score (nSPS) is 10.9. The highest BCUT2D eigenvalue weighted by atomic mass is 32.1. The van der Waals surface area contributed by atoms with Crippen molar-refractivity contribution in [3.05, 3.63) is 35.5 Å². The lowest BCUT2D eigenvalue weighted by molar-refractivity contribution is 1.17. The minimum Gasteiger partial charge on any atom is -0.300 e. The lowest BCUT2D eigenvalue weighted by atomic mass is 10.3. The highest BCUT2D eigenvalue weighted by molar-refractivity contribution is 7.14. The van der Waals surface area contributed by atoms with Crippen LogP contribution in [0.2, 0.25) is 0 Å². The molecule has 3 N–H and O–H groups in total. The Kier molecular flexibility index (Phi) is 2.31. The van der Waals surface area contributed by atoms with E-state index in [1.54, 1.807) is 0 Å². The molecule has 3 aromatic rings. The van der Waals surface area contributed by atoms with Crippen molar-refractivity contribution < 1.29 is 0 Å². The van der Waals surface area contributed by atoms with Crippen molar-refractivity contribution >= 4 is 22.1 Å². The summed E-state index contributed by atoms with van der Waals surface area (Å²) in [4.78, 5) is 8.90. The van der Waals surface area contributed by atoms with E-state index in [-0.39, 0.29) is 0 Å². The molecule has 6 heteroatoms. The number of fused-ring (bicyclic) bond motifs is 1. The van der Waals surface area contributed by atoms with Crippen LogP contribution in [0.1, 0.15) is 5.69 Å². The van der Waals surface area contributed by atoms with E-state index < -0.39 is 0 Å². The molecule has 0 bridgehead atoms.